The van der Waals surface area contributed by atoms with Crippen LogP contribution in [0.3, 0.4) is 0 Å². The number of rotatable bonds is 5. The van der Waals surface area contributed by atoms with Crippen LogP contribution in [0.15, 0.2) is 29.1 Å². The molecule has 0 bridgehead atoms. The number of hydrogen-bond donors (Lipinski definition) is 1. The molecular formula is C14H17N5O4. The lowest BCUT2D eigenvalue weighted by Gasteiger charge is -2.24. The summed E-state index contributed by atoms with van der Waals surface area (Å²) in [5, 5.41) is 14.0. The number of carbonyl (C=O) groups excluding carboxylic acids is 1. The summed E-state index contributed by atoms with van der Waals surface area (Å²) in [5.74, 6) is 0.632. The Hall–Kier alpha value is -2.84. The van der Waals surface area contributed by atoms with Crippen molar-refractivity contribution in [2.45, 2.75) is 25.4 Å². The van der Waals surface area contributed by atoms with Gasteiger partial charge in [0.2, 0.25) is 18.1 Å². The molecule has 1 saturated heterocycles. The molecule has 0 saturated carbocycles. The minimum atomic E-state index is -0.522. The van der Waals surface area contributed by atoms with Gasteiger partial charge in [-0.25, -0.2) is 0 Å². The van der Waals surface area contributed by atoms with Crippen molar-refractivity contribution in [3.63, 3.8) is 0 Å². The molecule has 1 amide bonds. The van der Waals surface area contributed by atoms with Gasteiger partial charge in [-0.15, -0.1) is 0 Å². The van der Waals surface area contributed by atoms with E-state index in [-0.39, 0.29) is 11.7 Å². The number of anilines is 1. The number of furan rings is 1. The Kier molecular flexibility index (Phi) is 4.00. The highest BCUT2D eigenvalue weighted by molar-refractivity contribution is 5.86. The van der Waals surface area contributed by atoms with E-state index in [1.807, 2.05) is 0 Å². The lowest BCUT2D eigenvalue weighted by molar-refractivity contribution is -0.388. The first-order valence-electron chi connectivity index (χ1n) is 7.30. The molecule has 1 fully saturated rings. The van der Waals surface area contributed by atoms with Gasteiger partial charge in [0.15, 0.2) is 0 Å². The fraction of sp³-hybridized carbons (Fsp3) is 0.429. The van der Waals surface area contributed by atoms with Gasteiger partial charge in [-0.3, -0.25) is 9.36 Å². The van der Waals surface area contributed by atoms with Crippen LogP contribution in [0.5, 0.6) is 0 Å². The van der Waals surface area contributed by atoms with Gasteiger partial charge in [-0.1, -0.05) is 0 Å². The number of nitro groups is 1. The average Bonchev–Trinajstić information content (AvgIpc) is 3.24. The number of aryl methyl sites for hydroxylation is 1. The minimum absolute atomic E-state index is 0.172. The van der Waals surface area contributed by atoms with Gasteiger partial charge >= 0.3 is 5.82 Å². The molecule has 0 aliphatic carbocycles. The molecule has 0 aromatic carbocycles. The van der Waals surface area contributed by atoms with Crippen molar-refractivity contribution in [1.29, 1.82) is 0 Å². The summed E-state index contributed by atoms with van der Waals surface area (Å²) in [5.41, 5.74) is 0. The van der Waals surface area contributed by atoms with Gasteiger partial charge in [0.1, 0.15) is 11.8 Å². The minimum Gasteiger partial charge on any atom is -0.467 e. The first kappa shape index (κ1) is 15.1. The lowest BCUT2D eigenvalue weighted by atomic mass is 10.2. The molecule has 1 aliphatic rings. The van der Waals surface area contributed by atoms with Crippen LogP contribution in [0.4, 0.5) is 11.6 Å². The first-order chi connectivity index (χ1) is 11.1. The van der Waals surface area contributed by atoms with Crippen molar-refractivity contribution in [3.05, 3.63) is 40.6 Å². The van der Waals surface area contributed by atoms with Crippen molar-refractivity contribution in [2.75, 3.05) is 11.4 Å². The van der Waals surface area contributed by atoms with E-state index in [2.05, 4.69) is 10.3 Å². The molecule has 3 heterocycles. The van der Waals surface area contributed by atoms with E-state index in [4.69, 9.17) is 4.42 Å². The largest absolute Gasteiger partial charge is 0.467 e. The van der Waals surface area contributed by atoms with Crippen LogP contribution in [0.1, 0.15) is 18.6 Å². The second kappa shape index (κ2) is 6.11. The van der Waals surface area contributed by atoms with Gasteiger partial charge in [0.05, 0.1) is 12.8 Å². The monoisotopic (exact) mass is 319 g/mol. The third-order valence-electron chi connectivity index (χ3n) is 3.90. The Labute approximate surface area is 132 Å². The summed E-state index contributed by atoms with van der Waals surface area (Å²) in [7, 11) is 1.69. The highest BCUT2D eigenvalue weighted by Gasteiger charge is 2.37. The molecule has 9 heteroatoms. The topological polar surface area (TPSA) is 106 Å². The molecule has 122 valence electrons. The summed E-state index contributed by atoms with van der Waals surface area (Å²) >= 11 is 0. The predicted octanol–water partition coefficient (Wildman–Crippen LogP) is 1.21. The Morgan fingerprint density at radius 3 is 3.13 bits per heavy atom. The van der Waals surface area contributed by atoms with E-state index in [1.165, 1.54) is 6.33 Å². The van der Waals surface area contributed by atoms with E-state index in [0.29, 0.717) is 31.1 Å². The fourth-order valence-corrected chi connectivity index (χ4v) is 2.87. The van der Waals surface area contributed by atoms with Crippen molar-refractivity contribution >= 4 is 17.5 Å². The van der Waals surface area contributed by atoms with Gasteiger partial charge in [0, 0.05) is 13.6 Å². The van der Waals surface area contributed by atoms with Crippen LogP contribution in [0.25, 0.3) is 0 Å². The first-order valence-corrected chi connectivity index (χ1v) is 7.30. The summed E-state index contributed by atoms with van der Waals surface area (Å²) < 4.78 is 6.76. The Bertz CT molecular complexity index is 709. The van der Waals surface area contributed by atoms with Gasteiger partial charge in [-0.2, -0.15) is 0 Å². The molecule has 1 atom stereocenters. The second-order valence-electron chi connectivity index (χ2n) is 5.41. The number of aromatic nitrogens is 2. The zero-order valence-electron chi connectivity index (χ0n) is 12.6. The summed E-state index contributed by atoms with van der Waals surface area (Å²) in [6.07, 6.45) is 4.37. The second-order valence-corrected chi connectivity index (χ2v) is 5.41. The van der Waals surface area contributed by atoms with Crippen molar-refractivity contribution in [1.82, 2.24) is 14.9 Å². The number of nitrogens with one attached hydrogen (secondary N) is 1. The zero-order valence-corrected chi connectivity index (χ0v) is 12.6. The van der Waals surface area contributed by atoms with Crippen LogP contribution in [0.2, 0.25) is 0 Å². The molecule has 0 unspecified atom stereocenters. The molecule has 1 N–H and O–H groups in total. The van der Waals surface area contributed by atoms with Crippen LogP contribution >= 0.6 is 0 Å². The summed E-state index contributed by atoms with van der Waals surface area (Å²) in [6.45, 7) is 0.878. The molecule has 0 radical (unpaired) electrons. The molecule has 23 heavy (non-hydrogen) atoms. The van der Waals surface area contributed by atoms with Crippen LogP contribution in [-0.2, 0) is 18.4 Å². The highest BCUT2D eigenvalue weighted by atomic mass is 16.6. The van der Waals surface area contributed by atoms with Crippen LogP contribution in [-0.4, -0.2) is 33.0 Å². The summed E-state index contributed by atoms with van der Waals surface area (Å²) in [6, 6.07) is 3.08. The van der Waals surface area contributed by atoms with E-state index in [0.717, 1.165) is 6.42 Å². The van der Waals surface area contributed by atoms with Crippen LogP contribution < -0.4 is 10.2 Å². The molecule has 1 aliphatic heterocycles. The normalized spacial score (nSPS) is 17.4. The Morgan fingerprint density at radius 1 is 1.61 bits per heavy atom. The van der Waals surface area contributed by atoms with Gasteiger partial charge < -0.3 is 24.7 Å². The predicted molar refractivity (Wildman–Crippen MR) is 80.8 cm³/mol. The summed E-state index contributed by atoms with van der Waals surface area (Å²) in [4.78, 5) is 28.6. The highest BCUT2D eigenvalue weighted by Crippen LogP contribution is 2.32. The fourth-order valence-electron chi connectivity index (χ4n) is 2.87. The molecule has 2 aromatic heterocycles. The maximum Gasteiger partial charge on any atom is 0.406 e. The van der Waals surface area contributed by atoms with Crippen LogP contribution in [0, 0.1) is 10.1 Å². The number of imidazole rings is 1. The Balaban J connectivity index is 1.76. The molecule has 3 rings (SSSR count). The van der Waals surface area contributed by atoms with Gasteiger partial charge in [0.25, 0.3) is 0 Å². The number of nitrogens with zero attached hydrogens (tertiary/aromatic N) is 4. The number of hydrogen-bond acceptors (Lipinski definition) is 6. The van der Waals surface area contributed by atoms with Gasteiger partial charge in [-0.05, 0) is 34.9 Å². The molecule has 9 nitrogen and oxygen atoms in total. The molecule has 0 spiro atoms. The maximum atomic E-state index is 12.4. The molecule has 2 aromatic rings. The van der Waals surface area contributed by atoms with E-state index < -0.39 is 11.0 Å². The molecular weight excluding hydrogens is 302 g/mol. The smallest absolute Gasteiger partial charge is 0.406 e. The SMILES string of the molecule is Cn1cnc([N+](=O)[O-])c1N1CCC[C@@H]1C(=O)NCc1ccco1. The van der Waals surface area contributed by atoms with E-state index in [1.54, 1.807) is 34.9 Å². The van der Waals surface area contributed by atoms with E-state index >= 15 is 0 Å². The number of carbonyl (C=O) groups is 1. The lowest BCUT2D eigenvalue weighted by Crippen LogP contribution is -2.43. The number of amides is 1. The van der Waals surface area contributed by atoms with E-state index in [9.17, 15) is 14.9 Å². The average molecular weight is 319 g/mol. The maximum absolute atomic E-state index is 12.4. The third kappa shape index (κ3) is 2.89. The standard InChI is InChI=1S/C14H17N5O4/c1-17-9-16-12(19(21)22)14(17)18-6-2-5-11(18)13(20)15-8-10-4-3-7-23-10/h3-4,7,9,11H,2,5-6,8H2,1H3,(H,15,20)/t11-/m1/s1. The quantitative estimate of drug-likeness (QED) is 0.655. The third-order valence-corrected chi connectivity index (χ3v) is 3.90. The van der Waals surface area contributed by atoms with Crippen molar-refractivity contribution < 1.29 is 14.1 Å². The van der Waals surface area contributed by atoms with Crippen molar-refractivity contribution in [2.24, 2.45) is 7.05 Å². The van der Waals surface area contributed by atoms with Crippen molar-refractivity contribution in [3.8, 4) is 0 Å². The Morgan fingerprint density at radius 2 is 2.43 bits per heavy atom. The zero-order chi connectivity index (χ0) is 16.4.